The van der Waals surface area contributed by atoms with E-state index in [4.69, 9.17) is 46.4 Å². The highest BCUT2D eigenvalue weighted by Gasteiger charge is 2.59. The molecule has 0 radical (unpaired) electrons. The molecule has 1 saturated carbocycles. The molecular formula is C8H6Cl4O3. The van der Waals surface area contributed by atoms with Gasteiger partial charge in [-0.05, 0) is 0 Å². The number of halogens is 4. The lowest BCUT2D eigenvalue weighted by atomic mass is 9.79. The van der Waals surface area contributed by atoms with Gasteiger partial charge >= 0.3 is 11.9 Å². The number of carbonyl (C=O) groups excluding carboxylic acids is 2. The zero-order valence-electron chi connectivity index (χ0n) is 7.20. The number of hydrogen-bond donors (Lipinski definition) is 0. The first-order valence-electron chi connectivity index (χ1n) is 4.27. The Hall–Kier alpha value is 0.300. The molecule has 0 aromatic rings. The van der Waals surface area contributed by atoms with Crippen LogP contribution >= 0.6 is 46.4 Å². The van der Waals surface area contributed by atoms with E-state index in [0.29, 0.717) is 0 Å². The minimum Gasteiger partial charge on any atom is -0.393 e. The molecular weight excluding hydrogens is 286 g/mol. The van der Waals surface area contributed by atoms with Crippen molar-refractivity contribution in [3.8, 4) is 0 Å². The molecule has 0 aromatic carbocycles. The molecule has 0 spiro atoms. The Balaban J connectivity index is 2.36. The lowest BCUT2D eigenvalue weighted by molar-refractivity contribution is -0.153. The van der Waals surface area contributed by atoms with Crippen molar-refractivity contribution in [3.63, 3.8) is 0 Å². The van der Waals surface area contributed by atoms with Gasteiger partial charge in [-0.3, -0.25) is 9.59 Å². The molecule has 0 amide bonds. The molecule has 15 heavy (non-hydrogen) atoms. The maximum Gasteiger partial charge on any atom is 0.319 e. The quantitative estimate of drug-likeness (QED) is 0.388. The van der Waals surface area contributed by atoms with Gasteiger partial charge in [-0.1, -0.05) is 0 Å². The number of rotatable bonds is 0. The third-order valence-electron chi connectivity index (χ3n) is 2.73. The maximum absolute atomic E-state index is 11.3. The van der Waals surface area contributed by atoms with Crippen LogP contribution in [-0.4, -0.2) is 33.4 Å². The van der Waals surface area contributed by atoms with Crippen molar-refractivity contribution in [3.05, 3.63) is 0 Å². The van der Waals surface area contributed by atoms with Gasteiger partial charge in [0.05, 0.1) is 33.3 Å². The molecule has 1 saturated heterocycles. The van der Waals surface area contributed by atoms with E-state index in [-0.39, 0.29) is 0 Å². The third-order valence-corrected chi connectivity index (χ3v) is 5.29. The number of esters is 2. The van der Waals surface area contributed by atoms with Crippen molar-refractivity contribution >= 4 is 58.3 Å². The van der Waals surface area contributed by atoms with Crippen LogP contribution in [0.25, 0.3) is 0 Å². The average molecular weight is 292 g/mol. The largest absolute Gasteiger partial charge is 0.393 e. The predicted molar refractivity (Wildman–Crippen MR) is 56.6 cm³/mol. The summed E-state index contributed by atoms with van der Waals surface area (Å²) in [5, 5.41) is -2.77. The van der Waals surface area contributed by atoms with Crippen LogP contribution in [0.1, 0.15) is 0 Å². The van der Waals surface area contributed by atoms with Crippen molar-refractivity contribution < 1.29 is 14.3 Å². The number of ether oxygens (including phenoxy) is 1. The summed E-state index contributed by atoms with van der Waals surface area (Å²) in [4.78, 5) is 22.7. The highest BCUT2D eigenvalue weighted by atomic mass is 35.5. The highest BCUT2D eigenvalue weighted by molar-refractivity contribution is 6.40. The van der Waals surface area contributed by atoms with Gasteiger partial charge in [-0.2, -0.15) is 0 Å². The van der Waals surface area contributed by atoms with E-state index < -0.39 is 45.3 Å². The third kappa shape index (κ3) is 1.64. The minimum absolute atomic E-state index is 0.657. The summed E-state index contributed by atoms with van der Waals surface area (Å²) in [5.74, 6) is -2.88. The number of hydrogen-bond acceptors (Lipinski definition) is 3. The Bertz CT molecular complexity index is 291. The van der Waals surface area contributed by atoms with E-state index in [0.717, 1.165) is 0 Å². The number of alkyl halides is 4. The molecule has 6 unspecified atom stereocenters. The fourth-order valence-corrected chi connectivity index (χ4v) is 3.54. The monoisotopic (exact) mass is 290 g/mol. The second-order valence-electron chi connectivity index (χ2n) is 3.57. The lowest BCUT2D eigenvalue weighted by Gasteiger charge is -2.36. The molecule has 1 aliphatic heterocycles. The fourth-order valence-electron chi connectivity index (χ4n) is 1.93. The van der Waals surface area contributed by atoms with Gasteiger partial charge in [0.15, 0.2) is 0 Å². The van der Waals surface area contributed by atoms with Gasteiger partial charge in [0.2, 0.25) is 0 Å². The second kappa shape index (κ2) is 3.95. The van der Waals surface area contributed by atoms with Crippen molar-refractivity contribution in [2.45, 2.75) is 21.5 Å². The summed E-state index contributed by atoms with van der Waals surface area (Å²) in [5.41, 5.74) is 0. The first-order valence-corrected chi connectivity index (χ1v) is 6.01. The molecule has 0 aromatic heterocycles. The van der Waals surface area contributed by atoms with Gasteiger partial charge in [-0.25, -0.2) is 0 Å². The molecule has 0 N–H and O–H groups in total. The topological polar surface area (TPSA) is 43.4 Å². The molecule has 6 atom stereocenters. The Morgan fingerprint density at radius 2 is 1.07 bits per heavy atom. The summed E-state index contributed by atoms with van der Waals surface area (Å²) in [6.07, 6.45) is 0. The van der Waals surface area contributed by atoms with E-state index in [1.165, 1.54) is 0 Å². The minimum atomic E-state index is -0.779. The Morgan fingerprint density at radius 1 is 0.733 bits per heavy atom. The Labute approximate surface area is 106 Å². The average Bonchev–Trinajstić information content (AvgIpc) is 2.47. The number of cyclic esters (lactones) is 2. The summed E-state index contributed by atoms with van der Waals surface area (Å²) < 4.78 is 4.48. The first kappa shape index (κ1) is 11.8. The smallest absolute Gasteiger partial charge is 0.319 e. The van der Waals surface area contributed by atoms with E-state index in [1.54, 1.807) is 0 Å². The summed E-state index contributed by atoms with van der Waals surface area (Å²) in [7, 11) is 0. The normalized spacial score (nSPS) is 50.1. The predicted octanol–water partition coefficient (Wildman–Crippen LogP) is 1.75. The molecule has 2 rings (SSSR count). The Morgan fingerprint density at radius 3 is 1.40 bits per heavy atom. The summed E-state index contributed by atoms with van der Waals surface area (Å²) in [6, 6.07) is 0. The zero-order chi connectivity index (χ0) is 11.3. The van der Waals surface area contributed by atoms with Crippen LogP contribution in [0.4, 0.5) is 0 Å². The standard InChI is InChI=1S/C8H6Cl4O3/c9-3-1-2(8(14)15-7(1)13)4(10)6(12)5(3)11/h1-6H. The van der Waals surface area contributed by atoms with Crippen molar-refractivity contribution in [2.24, 2.45) is 11.8 Å². The van der Waals surface area contributed by atoms with Crippen molar-refractivity contribution in [1.82, 2.24) is 0 Å². The summed E-state index contributed by atoms with van der Waals surface area (Å²) >= 11 is 23.8. The van der Waals surface area contributed by atoms with Gasteiger partial charge in [0.25, 0.3) is 0 Å². The molecule has 84 valence electrons. The van der Waals surface area contributed by atoms with Crippen LogP contribution in [0.2, 0.25) is 0 Å². The van der Waals surface area contributed by atoms with Gasteiger partial charge in [0, 0.05) is 0 Å². The molecule has 1 aliphatic carbocycles. The van der Waals surface area contributed by atoms with E-state index >= 15 is 0 Å². The van der Waals surface area contributed by atoms with E-state index in [1.807, 2.05) is 0 Å². The van der Waals surface area contributed by atoms with E-state index in [2.05, 4.69) is 4.74 Å². The highest BCUT2D eigenvalue weighted by Crippen LogP contribution is 2.45. The van der Waals surface area contributed by atoms with Crippen LogP contribution in [0, 0.1) is 11.8 Å². The molecule has 1 heterocycles. The maximum atomic E-state index is 11.3. The number of fused-ring (bicyclic) bond motifs is 1. The molecule has 3 nitrogen and oxygen atoms in total. The van der Waals surface area contributed by atoms with Gasteiger partial charge < -0.3 is 4.74 Å². The first-order chi connectivity index (χ1) is 6.95. The van der Waals surface area contributed by atoms with Crippen LogP contribution in [0.5, 0.6) is 0 Å². The fraction of sp³-hybridized carbons (Fsp3) is 0.750. The van der Waals surface area contributed by atoms with Crippen LogP contribution in [0.3, 0.4) is 0 Å². The van der Waals surface area contributed by atoms with Crippen LogP contribution < -0.4 is 0 Å². The lowest BCUT2D eigenvalue weighted by Crippen LogP contribution is -2.51. The Kier molecular flexibility index (Phi) is 3.10. The molecule has 2 fully saturated rings. The van der Waals surface area contributed by atoms with Crippen molar-refractivity contribution in [2.75, 3.05) is 0 Å². The number of carbonyl (C=O) groups is 2. The SMILES string of the molecule is O=C1OC(=O)C2C(Cl)C(Cl)C(Cl)C(Cl)C12. The molecule has 7 heteroatoms. The second-order valence-corrected chi connectivity index (χ2v) is 5.59. The van der Waals surface area contributed by atoms with Gasteiger partial charge in [0.1, 0.15) is 0 Å². The zero-order valence-corrected chi connectivity index (χ0v) is 10.2. The summed E-state index contributed by atoms with van der Waals surface area (Å²) in [6.45, 7) is 0. The molecule has 0 bridgehead atoms. The van der Waals surface area contributed by atoms with Crippen molar-refractivity contribution in [1.29, 1.82) is 0 Å². The van der Waals surface area contributed by atoms with Gasteiger partial charge in [-0.15, -0.1) is 46.4 Å². The van der Waals surface area contributed by atoms with Crippen LogP contribution in [0.15, 0.2) is 0 Å². The van der Waals surface area contributed by atoms with E-state index in [9.17, 15) is 9.59 Å². The van der Waals surface area contributed by atoms with Crippen LogP contribution in [-0.2, 0) is 14.3 Å². The molecule has 2 aliphatic rings.